The van der Waals surface area contributed by atoms with Crippen LogP contribution in [-0.4, -0.2) is 32.0 Å². The third-order valence-electron chi connectivity index (χ3n) is 3.32. The third-order valence-corrected chi connectivity index (χ3v) is 3.32. The van der Waals surface area contributed by atoms with Crippen LogP contribution in [0.4, 0.5) is 0 Å². The van der Waals surface area contributed by atoms with E-state index in [0.29, 0.717) is 6.54 Å². The average molecular weight is 215 g/mol. The monoisotopic (exact) mass is 215 g/mol. The van der Waals surface area contributed by atoms with Crippen LogP contribution in [-0.2, 0) is 9.47 Å². The Hall–Kier alpha value is -0.120. The quantitative estimate of drug-likeness (QED) is 0.738. The van der Waals surface area contributed by atoms with E-state index in [1.54, 1.807) is 7.11 Å². The number of ether oxygens (including phenoxy) is 2. The minimum Gasteiger partial charge on any atom is -0.385 e. The first-order chi connectivity index (χ1) is 7.22. The van der Waals surface area contributed by atoms with E-state index in [2.05, 4.69) is 6.92 Å². The summed E-state index contributed by atoms with van der Waals surface area (Å²) in [6.45, 7) is 3.54. The summed E-state index contributed by atoms with van der Waals surface area (Å²) in [4.78, 5) is 0. The van der Waals surface area contributed by atoms with Crippen LogP contribution in [0, 0.1) is 0 Å². The zero-order chi connectivity index (χ0) is 11.1. The van der Waals surface area contributed by atoms with Crippen LogP contribution in [0.1, 0.15) is 45.4 Å². The summed E-state index contributed by atoms with van der Waals surface area (Å²) in [6, 6.07) is 0. The maximum Gasteiger partial charge on any atom is 0.0807 e. The summed E-state index contributed by atoms with van der Waals surface area (Å²) in [5.41, 5.74) is 5.82. The Morgan fingerprint density at radius 3 is 2.47 bits per heavy atom. The van der Waals surface area contributed by atoms with Crippen LogP contribution in [0.15, 0.2) is 0 Å². The van der Waals surface area contributed by atoms with Gasteiger partial charge in [-0.3, -0.25) is 0 Å². The molecular formula is C12H25NO2. The number of hydrogen-bond acceptors (Lipinski definition) is 3. The number of rotatable bonds is 6. The maximum absolute atomic E-state index is 6.13. The van der Waals surface area contributed by atoms with Crippen molar-refractivity contribution in [2.45, 2.75) is 57.2 Å². The molecule has 1 atom stereocenters. The van der Waals surface area contributed by atoms with Gasteiger partial charge in [0.15, 0.2) is 0 Å². The molecule has 0 radical (unpaired) electrons. The molecule has 1 aliphatic rings. The Morgan fingerprint density at radius 2 is 1.93 bits per heavy atom. The van der Waals surface area contributed by atoms with Crippen molar-refractivity contribution in [1.29, 1.82) is 0 Å². The van der Waals surface area contributed by atoms with Crippen LogP contribution < -0.4 is 5.73 Å². The summed E-state index contributed by atoms with van der Waals surface area (Å²) in [6.07, 6.45) is 7.31. The lowest BCUT2D eigenvalue weighted by molar-refractivity contribution is -0.107. The van der Waals surface area contributed by atoms with Crippen LogP contribution in [0.25, 0.3) is 0 Å². The lowest BCUT2D eigenvalue weighted by Crippen LogP contribution is -2.44. The van der Waals surface area contributed by atoms with Gasteiger partial charge in [0.1, 0.15) is 0 Å². The van der Waals surface area contributed by atoms with Crippen LogP contribution in [0.2, 0.25) is 0 Å². The molecule has 3 heteroatoms. The lowest BCUT2D eigenvalue weighted by atomic mass is 9.84. The van der Waals surface area contributed by atoms with Gasteiger partial charge in [0.25, 0.3) is 0 Å². The molecule has 1 fully saturated rings. The minimum atomic E-state index is -0.0363. The Kier molecular flexibility index (Phi) is 5.58. The fraction of sp³-hybridized carbons (Fsp3) is 1.00. The molecule has 0 heterocycles. The zero-order valence-electron chi connectivity index (χ0n) is 10.1. The van der Waals surface area contributed by atoms with Crippen LogP contribution in [0.5, 0.6) is 0 Å². The van der Waals surface area contributed by atoms with Gasteiger partial charge in [0.05, 0.1) is 11.7 Å². The van der Waals surface area contributed by atoms with E-state index in [0.717, 1.165) is 25.9 Å². The highest BCUT2D eigenvalue weighted by Gasteiger charge is 2.32. The molecular weight excluding hydrogens is 190 g/mol. The van der Waals surface area contributed by atoms with Crippen molar-refractivity contribution in [3.63, 3.8) is 0 Å². The van der Waals surface area contributed by atoms with Gasteiger partial charge in [-0.25, -0.2) is 0 Å². The second-order valence-electron chi connectivity index (χ2n) is 4.66. The molecule has 0 aromatic heterocycles. The van der Waals surface area contributed by atoms with Gasteiger partial charge < -0.3 is 15.2 Å². The molecule has 3 nitrogen and oxygen atoms in total. The summed E-state index contributed by atoms with van der Waals surface area (Å²) in [7, 11) is 1.73. The van der Waals surface area contributed by atoms with E-state index in [1.165, 1.54) is 19.3 Å². The molecule has 1 aliphatic carbocycles. The van der Waals surface area contributed by atoms with Crippen molar-refractivity contribution >= 4 is 0 Å². The highest BCUT2D eigenvalue weighted by Crippen LogP contribution is 2.32. The molecule has 0 spiro atoms. The largest absolute Gasteiger partial charge is 0.385 e. The van der Waals surface area contributed by atoms with E-state index < -0.39 is 0 Å². The molecule has 0 aromatic rings. The lowest BCUT2D eigenvalue weighted by Gasteiger charge is -2.38. The smallest absolute Gasteiger partial charge is 0.0807 e. The fourth-order valence-electron chi connectivity index (χ4n) is 2.34. The van der Waals surface area contributed by atoms with E-state index in [4.69, 9.17) is 15.2 Å². The maximum atomic E-state index is 6.13. The molecule has 0 aromatic carbocycles. The molecule has 0 bridgehead atoms. The standard InChI is InChI=1S/C12H25NO2/c1-11(6-9-14-2)15-12(10-13)7-4-3-5-8-12/h11H,3-10,13H2,1-2H3. The fourth-order valence-corrected chi connectivity index (χ4v) is 2.34. The Morgan fingerprint density at radius 1 is 1.27 bits per heavy atom. The first kappa shape index (κ1) is 12.9. The highest BCUT2D eigenvalue weighted by molar-refractivity contribution is 4.86. The van der Waals surface area contributed by atoms with Gasteiger partial charge in [0.2, 0.25) is 0 Å². The van der Waals surface area contributed by atoms with Gasteiger partial charge in [-0.05, 0) is 26.2 Å². The Labute approximate surface area is 93.3 Å². The van der Waals surface area contributed by atoms with Gasteiger partial charge in [-0.15, -0.1) is 0 Å². The summed E-state index contributed by atoms with van der Waals surface area (Å²) >= 11 is 0. The van der Waals surface area contributed by atoms with E-state index in [9.17, 15) is 0 Å². The first-order valence-electron chi connectivity index (χ1n) is 6.09. The molecule has 0 amide bonds. The molecule has 1 rings (SSSR count). The van der Waals surface area contributed by atoms with Crippen molar-refractivity contribution in [2.24, 2.45) is 5.73 Å². The molecule has 1 saturated carbocycles. The first-order valence-corrected chi connectivity index (χ1v) is 6.09. The van der Waals surface area contributed by atoms with Crippen molar-refractivity contribution in [3.05, 3.63) is 0 Å². The molecule has 15 heavy (non-hydrogen) atoms. The van der Waals surface area contributed by atoms with E-state index >= 15 is 0 Å². The molecule has 0 saturated heterocycles. The average Bonchev–Trinajstić information content (AvgIpc) is 2.27. The van der Waals surface area contributed by atoms with Gasteiger partial charge in [-0.2, -0.15) is 0 Å². The van der Waals surface area contributed by atoms with Gasteiger partial charge in [-0.1, -0.05) is 19.3 Å². The predicted octanol–water partition coefficient (Wildman–Crippen LogP) is 2.09. The van der Waals surface area contributed by atoms with Crippen molar-refractivity contribution in [2.75, 3.05) is 20.3 Å². The second-order valence-corrected chi connectivity index (χ2v) is 4.66. The van der Waals surface area contributed by atoms with Crippen molar-refractivity contribution < 1.29 is 9.47 Å². The van der Waals surface area contributed by atoms with E-state index in [1.807, 2.05) is 0 Å². The number of methoxy groups -OCH3 is 1. The topological polar surface area (TPSA) is 44.5 Å². The van der Waals surface area contributed by atoms with E-state index in [-0.39, 0.29) is 11.7 Å². The SMILES string of the molecule is COCCC(C)OC1(CN)CCCCC1. The molecule has 0 aliphatic heterocycles. The zero-order valence-corrected chi connectivity index (χ0v) is 10.1. The highest BCUT2D eigenvalue weighted by atomic mass is 16.5. The van der Waals surface area contributed by atoms with Gasteiger partial charge in [0, 0.05) is 20.3 Å². The summed E-state index contributed by atoms with van der Waals surface area (Å²) < 4.78 is 11.2. The second kappa shape index (κ2) is 6.46. The third kappa shape index (κ3) is 4.09. The summed E-state index contributed by atoms with van der Waals surface area (Å²) in [5.74, 6) is 0. The number of hydrogen-bond donors (Lipinski definition) is 1. The Balaban J connectivity index is 2.37. The van der Waals surface area contributed by atoms with Crippen molar-refractivity contribution in [3.8, 4) is 0 Å². The normalized spacial score (nSPS) is 22.6. The molecule has 90 valence electrons. The number of nitrogens with two attached hydrogens (primary N) is 1. The van der Waals surface area contributed by atoms with Crippen molar-refractivity contribution in [1.82, 2.24) is 0 Å². The van der Waals surface area contributed by atoms with Crippen LogP contribution >= 0.6 is 0 Å². The predicted molar refractivity (Wildman–Crippen MR) is 61.9 cm³/mol. The summed E-state index contributed by atoms with van der Waals surface area (Å²) in [5, 5.41) is 0. The molecule has 2 N–H and O–H groups in total. The minimum absolute atomic E-state index is 0.0363. The Bertz CT molecular complexity index is 167. The van der Waals surface area contributed by atoms with Crippen LogP contribution in [0.3, 0.4) is 0 Å². The molecule has 1 unspecified atom stereocenters. The van der Waals surface area contributed by atoms with Gasteiger partial charge >= 0.3 is 0 Å².